The van der Waals surface area contributed by atoms with Crippen LogP contribution in [0.25, 0.3) is 0 Å². The van der Waals surface area contributed by atoms with Crippen LogP contribution in [-0.2, 0) is 32.5 Å². The molecule has 11 rings (SSSR count). The highest BCUT2D eigenvalue weighted by Crippen LogP contribution is 2.61. The summed E-state index contributed by atoms with van der Waals surface area (Å²) in [4.78, 5) is 8.25. The Kier molecular flexibility index (Phi) is 10.5. The van der Waals surface area contributed by atoms with Crippen LogP contribution < -0.4 is 31.1 Å². The highest BCUT2D eigenvalue weighted by molar-refractivity contribution is 7.00. The number of hydrogen-bond donors (Lipinski definition) is 0. The van der Waals surface area contributed by atoms with E-state index in [9.17, 15) is 0 Å². The van der Waals surface area contributed by atoms with E-state index in [0.29, 0.717) is 0 Å². The van der Waals surface area contributed by atoms with E-state index in [1.165, 1.54) is 140 Å². The lowest BCUT2D eigenvalue weighted by atomic mass is 9.33. The predicted molar refractivity (Wildman–Crippen MR) is 304 cm³/mol. The Balaban J connectivity index is 1.29. The minimum atomic E-state index is -0.144. The molecular formula is C66H80BN3. The fourth-order valence-corrected chi connectivity index (χ4v) is 13.8. The van der Waals surface area contributed by atoms with Crippen molar-refractivity contribution in [3.8, 4) is 0 Å². The molecule has 1 saturated carbocycles. The van der Waals surface area contributed by atoms with Crippen molar-refractivity contribution in [2.24, 2.45) is 0 Å². The molecule has 2 aliphatic carbocycles. The summed E-state index contributed by atoms with van der Waals surface area (Å²) in [7, 11) is 0. The molecule has 3 heterocycles. The molecule has 3 aliphatic heterocycles. The van der Waals surface area contributed by atoms with Crippen LogP contribution in [0.1, 0.15) is 189 Å². The molecule has 0 amide bonds. The van der Waals surface area contributed by atoms with Crippen molar-refractivity contribution in [2.45, 2.75) is 193 Å². The van der Waals surface area contributed by atoms with Crippen LogP contribution in [-0.4, -0.2) is 12.3 Å². The van der Waals surface area contributed by atoms with Gasteiger partial charge in [0, 0.05) is 50.9 Å². The van der Waals surface area contributed by atoms with Crippen molar-refractivity contribution < 1.29 is 0 Å². The maximum Gasteiger partial charge on any atom is 0.252 e. The summed E-state index contributed by atoms with van der Waals surface area (Å²) in [6.45, 7) is 36.6. The third-order valence-electron chi connectivity index (χ3n) is 18.6. The van der Waals surface area contributed by atoms with Crippen molar-refractivity contribution in [1.82, 2.24) is 0 Å². The Labute approximate surface area is 423 Å². The van der Waals surface area contributed by atoms with Gasteiger partial charge in [0.2, 0.25) is 0 Å². The quantitative estimate of drug-likeness (QED) is 0.164. The van der Waals surface area contributed by atoms with Crippen LogP contribution in [0.15, 0.2) is 115 Å². The van der Waals surface area contributed by atoms with E-state index in [4.69, 9.17) is 0 Å². The summed E-state index contributed by atoms with van der Waals surface area (Å²) in [6.07, 6.45) is 9.79. The van der Waals surface area contributed by atoms with Gasteiger partial charge in [0.15, 0.2) is 0 Å². The van der Waals surface area contributed by atoms with Gasteiger partial charge in [-0.1, -0.05) is 183 Å². The largest absolute Gasteiger partial charge is 0.334 e. The third-order valence-corrected chi connectivity index (χ3v) is 18.6. The topological polar surface area (TPSA) is 9.72 Å². The Hall–Kier alpha value is -5.22. The molecule has 2 atom stereocenters. The summed E-state index contributed by atoms with van der Waals surface area (Å²) in [5.74, 6) is 0. The van der Waals surface area contributed by atoms with Crippen molar-refractivity contribution in [3.05, 3.63) is 149 Å². The van der Waals surface area contributed by atoms with Gasteiger partial charge < -0.3 is 14.7 Å². The van der Waals surface area contributed by atoms with Gasteiger partial charge >= 0.3 is 0 Å². The number of fused-ring (bicyclic) bond motifs is 8. The molecule has 0 aromatic heterocycles. The van der Waals surface area contributed by atoms with E-state index in [0.717, 1.165) is 6.42 Å². The molecule has 0 bridgehead atoms. The molecule has 0 saturated heterocycles. The zero-order valence-electron chi connectivity index (χ0n) is 45.5. The SMILES string of the molecule is CC(C)(C)c1cccc(N2c3cc(C(C)(C)C)ccc3B3c4cc5c(cc4N(c4ccccc4)c4cc(N6c7ccc(C(C)(C)C)cc7C7(C)CCCCCCC67C)cc2c43)C(C)(C)CCC5(C)C)c1. The first-order valence-corrected chi connectivity index (χ1v) is 27.1. The number of anilines is 8. The van der Waals surface area contributed by atoms with Gasteiger partial charge in [0.25, 0.3) is 6.71 Å². The van der Waals surface area contributed by atoms with Crippen LogP contribution in [0, 0.1) is 0 Å². The first-order valence-electron chi connectivity index (χ1n) is 27.1. The number of hydrogen-bond acceptors (Lipinski definition) is 3. The van der Waals surface area contributed by atoms with E-state index < -0.39 is 0 Å². The minimum absolute atomic E-state index is 0.0170. The van der Waals surface area contributed by atoms with E-state index in [1.807, 2.05) is 0 Å². The number of para-hydroxylation sites is 1. The number of rotatable bonds is 3. The van der Waals surface area contributed by atoms with Crippen molar-refractivity contribution in [1.29, 1.82) is 0 Å². The summed E-state index contributed by atoms with van der Waals surface area (Å²) >= 11 is 0. The lowest BCUT2D eigenvalue weighted by Crippen LogP contribution is -2.62. The normalized spacial score (nSPS) is 22.3. The summed E-state index contributed by atoms with van der Waals surface area (Å²) in [5.41, 5.74) is 23.2. The molecule has 2 unspecified atom stereocenters. The average Bonchev–Trinajstić information content (AvgIpc) is 3.47. The predicted octanol–water partition coefficient (Wildman–Crippen LogP) is 16.5. The Bertz CT molecular complexity index is 3060. The highest BCUT2D eigenvalue weighted by Gasteiger charge is 2.57. The highest BCUT2D eigenvalue weighted by atomic mass is 15.3. The van der Waals surface area contributed by atoms with Gasteiger partial charge in [-0.15, -0.1) is 0 Å². The fraction of sp³-hybridized carbons (Fsp3) is 0.455. The van der Waals surface area contributed by atoms with Gasteiger partial charge in [-0.05, 0) is 164 Å². The van der Waals surface area contributed by atoms with Crippen LogP contribution >= 0.6 is 0 Å². The number of nitrogens with zero attached hydrogens (tertiary/aromatic N) is 3. The molecule has 3 nitrogen and oxygen atoms in total. The molecule has 4 heteroatoms. The molecule has 0 N–H and O–H groups in total. The maximum absolute atomic E-state index is 2.87. The third kappa shape index (κ3) is 7.10. The second-order valence-corrected chi connectivity index (χ2v) is 27.2. The molecule has 1 fully saturated rings. The smallest absolute Gasteiger partial charge is 0.252 e. The van der Waals surface area contributed by atoms with Gasteiger partial charge in [-0.25, -0.2) is 0 Å². The average molecular weight is 926 g/mol. The van der Waals surface area contributed by atoms with E-state index in [1.54, 1.807) is 0 Å². The second kappa shape index (κ2) is 15.6. The molecule has 0 radical (unpaired) electrons. The molecule has 5 aliphatic rings. The zero-order valence-corrected chi connectivity index (χ0v) is 45.5. The zero-order chi connectivity index (χ0) is 49.7. The van der Waals surface area contributed by atoms with Crippen molar-refractivity contribution in [3.63, 3.8) is 0 Å². The van der Waals surface area contributed by atoms with E-state index in [2.05, 4.69) is 234 Å². The van der Waals surface area contributed by atoms with Crippen LogP contribution in [0.3, 0.4) is 0 Å². The van der Waals surface area contributed by atoms with Gasteiger partial charge in [-0.2, -0.15) is 0 Å². The Morgan fingerprint density at radius 3 is 1.59 bits per heavy atom. The van der Waals surface area contributed by atoms with Crippen LogP contribution in [0.5, 0.6) is 0 Å². The molecule has 70 heavy (non-hydrogen) atoms. The van der Waals surface area contributed by atoms with Gasteiger partial charge in [0.1, 0.15) is 0 Å². The first kappa shape index (κ1) is 47.1. The molecule has 0 spiro atoms. The van der Waals surface area contributed by atoms with Crippen LogP contribution in [0.2, 0.25) is 0 Å². The summed E-state index contributed by atoms with van der Waals surface area (Å²) in [5, 5.41) is 0. The van der Waals surface area contributed by atoms with Crippen molar-refractivity contribution >= 4 is 68.6 Å². The molecule has 6 aromatic carbocycles. The summed E-state index contributed by atoms with van der Waals surface area (Å²) < 4.78 is 0. The van der Waals surface area contributed by atoms with Crippen molar-refractivity contribution in [2.75, 3.05) is 14.7 Å². The standard InChI is InChI=1S/C66H80BN3/c1-60(2,3)43-24-23-27-47(36-43)69-55-38-45(62(7,8)9)28-30-52(55)67-53-41-49-50(64(12,13)35-34-63(49,10)11)42-56(53)68(46-25-19-18-20-26-46)57-39-48(40-58(69)59(57)67)70-54-31-29-44(61(4,5)6)37-51(54)65(14)32-21-16-17-22-33-66(65,70)15/h18-20,23-31,36-42H,16-17,21-22,32-35H2,1-15H3. The van der Waals surface area contributed by atoms with E-state index in [-0.39, 0.29) is 44.7 Å². The lowest BCUT2D eigenvalue weighted by molar-refractivity contribution is 0.217. The molecular weight excluding hydrogens is 846 g/mol. The Morgan fingerprint density at radius 2 is 0.943 bits per heavy atom. The maximum atomic E-state index is 2.87. The number of benzene rings is 6. The fourth-order valence-electron chi connectivity index (χ4n) is 13.8. The summed E-state index contributed by atoms with van der Waals surface area (Å²) in [6, 6.07) is 46.6. The molecule has 6 aromatic rings. The monoisotopic (exact) mass is 926 g/mol. The van der Waals surface area contributed by atoms with Gasteiger partial charge in [0.05, 0.1) is 5.54 Å². The minimum Gasteiger partial charge on any atom is -0.334 e. The van der Waals surface area contributed by atoms with Crippen LogP contribution in [0.4, 0.5) is 45.5 Å². The molecule has 362 valence electrons. The van der Waals surface area contributed by atoms with Gasteiger partial charge in [-0.3, -0.25) is 0 Å². The van der Waals surface area contributed by atoms with E-state index >= 15 is 0 Å². The first-order chi connectivity index (χ1) is 32.8. The Morgan fingerprint density at radius 1 is 0.400 bits per heavy atom. The second-order valence-electron chi connectivity index (χ2n) is 27.2. The lowest BCUT2D eigenvalue weighted by Gasteiger charge is -2.50.